The average molecular weight is 271 g/mol. The molecule has 1 aromatic heterocycles. The predicted molar refractivity (Wildman–Crippen MR) is 71.0 cm³/mol. The third kappa shape index (κ3) is 3.11. The number of aryl methyl sites for hydroxylation is 1. The molecule has 0 bridgehead atoms. The average Bonchev–Trinajstić information content (AvgIpc) is 2.86. The summed E-state index contributed by atoms with van der Waals surface area (Å²) in [6.45, 7) is 3.01. The third-order valence-electron chi connectivity index (χ3n) is 3.44. The van der Waals surface area contributed by atoms with E-state index in [1.807, 2.05) is 19.4 Å². The van der Waals surface area contributed by atoms with Crippen molar-refractivity contribution in [1.82, 2.24) is 15.1 Å². The normalized spacial score (nSPS) is 24.2. The molecule has 1 N–H and O–H groups in total. The SMILES string of the molecule is CCCNC(c1cnn(C)c1)C1CCS(=O)(=O)C1. The minimum atomic E-state index is -2.83. The molecule has 0 radical (unpaired) electrons. The molecule has 102 valence electrons. The van der Waals surface area contributed by atoms with E-state index in [-0.39, 0.29) is 12.0 Å². The molecule has 2 atom stereocenters. The van der Waals surface area contributed by atoms with Crippen LogP contribution in [-0.2, 0) is 16.9 Å². The molecule has 0 aliphatic carbocycles. The van der Waals surface area contributed by atoms with Crippen LogP contribution >= 0.6 is 0 Å². The zero-order chi connectivity index (χ0) is 13.2. The van der Waals surface area contributed by atoms with Gasteiger partial charge in [0.1, 0.15) is 0 Å². The van der Waals surface area contributed by atoms with Gasteiger partial charge in [0.2, 0.25) is 0 Å². The van der Waals surface area contributed by atoms with Crippen molar-refractivity contribution >= 4 is 9.84 Å². The summed E-state index contributed by atoms with van der Waals surface area (Å²) >= 11 is 0. The highest BCUT2D eigenvalue weighted by molar-refractivity contribution is 7.91. The number of nitrogens with zero attached hydrogens (tertiary/aromatic N) is 2. The van der Waals surface area contributed by atoms with E-state index in [0.717, 1.165) is 24.9 Å². The fourth-order valence-corrected chi connectivity index (χ4v) is 4.38. The lowest BCUT2D eigenvalue weighted by Crippen LogP contribution is -2.29. The molecule has 1 aromatic rings. The second-order valence-electron chi connectivity index (χ2n) is 5.04. The van der Waals surface area contributed by atoms with Gasteiger partial charge in [-0.15, -0.1) is 0 Å². The van der Waals surface area contributed by atoms with Crippen LogP contribution in [0, 0.1) is 5.92 Å². The van der Waals surface area contributed by atoms with Crippen LogP contribution < -0.4 is 5.32 Å². The van der Waals surface area contributed by atoms with Gasteiger partial charge < -0.3 is 5.32 Å². The maximum atomic E-state index is 11.6. The fraction of sp³-hybridized carbons (Fsp3) is 0.750. The molecule has 0 amide bonds. The summed E-state index contributed by atoms with van der Waals surface area (Å²) in [5.74, 6) is 0.789. The first-order valence-corrected chi connectivity index (χ1v) is 8.26. The highest BCUT2D eigenvalue weighted by atomic mass is 32.2. The van der Waals surface area contributed by atoms with Gasteiger partial charge in [0.05, 0.1) is 17.7 Å². The van der Waals surface area contributed by atoms with Crippen LogP contribution in [0.4, 0.5) is 0 Å². The molecule has 2 unspecified atom stereocenters. The summed E-state index contributed by atoms with van der Waals surface area (Å²) in [6.07, 6.45) is 5.59. The van der Waals surface area contributed by atoms with Crippen molar-refractivity contribution in [3.05, 3.63) is 18.0 Å². The van der Waals surface area contributed by atoms with Crippen molar-refractivity contribution < 1.29 is 8.42 Å². The van der Waals surface area contributed by atoms with Crippen molar-refractivity contribution in [3.8, 4) is 0 Å². The Balaban J connectivity index is 2.15. The van der Waals surface area contributed by atoms with Gasteiger partial charge in [-0.2, -0.15) is 5.10 Å². The van der Waals surface area contributed by atoms with Crippen molar-refractivity contribution in [2.24, 2.45) is 13.0 Å². The van der Waals surface area contributed by atoms with Gasteiger partial charge in [0.25, 0.3) is 0 Å². The Labute approximate surface area is 108 Å². The van der Waals surface area contributed by atoms with Crippen LogP contribution in [0.15, 0.2) is 12.4 Å². The van der Waals surface area contributed by atoms with E-state index in [2.05, 4.69) is 17.3 Å². The van der Waals surface area contributed by atoms with Gasteiger partial charge in [0, 0.05) is 24.8 Å². The summed E-state index contributed by atoms with van der Waals surface area (Å²) < 4.78 is 25.0. The van der Waals surface area contributed by atoms with Gasteiger partial charge in [-0.3, -0.25) is 4.68 Å². The molecule has 2 rings (SSSR count). The Morgan fingerprint density at radius 2 is 2.39 bits per heavy atom. The standard InChI is InChI=1S/C12H21N3O2S/c1-3-5-13-12(11-7-14-15(2)8-11)10-4-6-18(16,17)9-10/h7-8,10,12-13H,3-6,9H2,1-2H3. The predicted octanol–water partition coefficient (Wildman–Crippen LogP) is 0.895. The smallest absolute Gasteiger partial charge is 0.150 e. The molecular weight excluding hydrogens is 250 g/mol. The first-order chi connectivity index (χ1) is 8.52. The number of aromatic nitrogens is 2. The van der Waals surface area contributed by atoms with Crippen LogP contribution in [0.1, 0.15) is 31.4 Å². The molecule has 5 nitrogen and oxygen atoms in total. The number of hydrogen-bond donors (Lipinski definition) is 1. The molecule has 0 spiro atoms. The molecule has 0 saturated carbocycles. The summed E-state index contributed by atoms with van der Waals surface area (Å²) in [6, 6.07) is 0.107. The van der Waals surface area contributed by atoms with Crippen molar-refractivity contribution in [2.45, 2.75) is 25.8 Å². The maximum Gasteiger partial charge on any atom is 0.150 e. The quantitative estimate of drug-likeness (QED) is 0.864. The highest BCUT2D eigenvalue weighted by Crippen LogP contribution is 2.31. The first-order valence-electron chi connectivity index (χ1n) is 6.44. The zero-order valence-electron chi connectivity index (χ0n) is 11.0. The van der Waals surface area contributed by atoms with Crippen LogP contribution in [-0.4, -0.2) is 36.2 Å². The molecule has 1 fully saturated rings. The molecule has 0 aromatic carbocycles. The van der Waals surface area contributed by atoms with Crippen molar-refractivity contribution in [2.75, 3.05) is 18.1 Å². The summed E-state index contributed by atoms with van der Waals surface area (Å²) in [7, 11) is -0.953. The van der Waals surface area contributed by atoms with Gasteiger partial charge in [0.15, 0.2) is 9.84 Å². The number of sulfone groups is 1. The van der Waals surface area contributed by atoms with Gasteiger partial charge in [-0.25, -0.2) is 8.42 Å². The minimum Gasteiger partial charge on any atom is -0.310 e. The van der Waals surface area contributed by atoms with E-state index in [4.69, 9.17) is 0 Å². The van der Waals surface area contributed by atoms with Crippen LogP contribution in [0.25, 0.3) is 0 Å². The second kappa shape index (κ2) is 5.40. The number of rotatable bonds is 5. The number of hydrogen-bond acceptors (Lipinski definition) is 4. The monoisotopic (exact) mass is 271 g/mol. The molecule has 6 heteroatoms. The van der Waals surface area contributed by atoms with Crippen LogP contribution in [0.2, 0.25) is 0 Å². The molecule has 1 aliphatic rings. The summed E-state index contributed by atoms with van der Waals surface area (Å²) in [5, 5.41) is 7.64. The zero-order valence-corrected chi connectivity index (χ0v) is 11.8. The molecule has 1 saturated heterocycles. The minimum absolute atomic E-state index is 0.107. The Bertz CT molecular complexity index is 495. The second-order valence-corrected chi connectivity index (χ2v) is 7.27. The Hall–Kier alpha value is -0.880. The van der Waals surface area contributed by atoms with Crippen LogP contribution in [0.3, 0.4) is 0 Å². The number of nitrogens with one attached hydrogen (secondary N) is 1. The van der Waals surface area contributed by atoms with E-state index in [1.165, 1.54) is 0 Å². The van der Waals surface area contributed by atoms with E-state index >= 15 is 0 Å². The topological polar surface area (TPSA) is 64.0 Å². The molecule has 1 aliphatic heterocycles. The lowest BCUT2D eigenvalue weighted by molar-refractivity contribution is 0.392. The van der Waals surface area contributed by atoms with E-state index in [1.54, 1.807) is 4.68 Å². The summed E-state index contributed by atoms with van der Waals surface area (Å²) in [5.41, 5.74) is 1.09. The van der Waals surface area contributed by atoms with E-state index in [9.17, 15) is 8.42 Å². The van der Waals surface area contributed by atoms with Gasteiger partial charge >= 0.3 is 0 Å². The van der Waals surface area contributed by atoms with Gasteiger partial charge in [-0.05, 0) is 25.3 Å². The van der Waals surface area contributed by atoms with Crippen molar-refractivity contribution in [1.29, 1.82) is 0 Å². The van der Waals surface area contributed by atoms with Gasteiger partial charge in [-0.1, -0.05) is 6.92 Å². The lowest BCUT2D eigenvalue weighted by atomic mass is 9.94. The van der Waals surface area contributed by atoms with Crippen molar-refractivity contribution in [3.63, 3.8) is 0 Å². The Morgan fingerprint density at radius 3 is 2.89 bits per heavy atom. The summed E-state index contributed by atoms with van der Waals surface area (Å²) in [4.78, 5) is 0. The molecule has 2 heterocycles. The van der Waals surface area contributed by atoms with Crippen LogP contribution in [0.5, 0.6) is 0 Å². The maximum absolute atomic E-state index is 11.6. The largest absolute Gasteiger partial charge is 0.310 e. The first kappa shape index (κ1) is 13.5. The van der Waals surface area contributed by atoms with E-state index < -0.39 is 9.84 Å². The third-order valence-corrected chi connectivity index (χ3v) is 5.23. The highest BCUT2D eigenvalue weighted by Gasteiger charge is 2.34. The lowest BCUT2D eigenvalue weighted by Gasteiger charge is -2.22. The Kier molecular flexibility index (Phi) is 4.07. The van der Waals surface area contributed by atoms with E-state index in [0.29, 0.717) is 11.5 Å². The Morgan fingerprint density at radius 1 is 1.61 bits per heavy atom. The molecule has 18 heavy (non-hydrogen) atoms. The fourth-order valence-electron chi connectivity index (χ4n) is 2.54. The molecular formula is C12H21N3O2S.